The number of hydrogen-bond acceptors (Lipinski definition) is 6. The number of rotatable bonds is 2. The molecule has 6 heteroatoms. The summed E-state index contributed by atoms with van der Waals surface area (Å²) in [6.45, 7) is 6.33. The van der Waals surface area contributed by atoms with Crippen LogP contribution in [0.15, 0.2) is 53.3 Å². The van der Waals surface area contributed by atoms with Crippen LogP contribution in [0.5, 0.6) is 0 Å². The molecule has 0 bridgehead atoms. The Morgan fingerprint density at radius 2 is 1.73 bits per heavy atom. The molecular formula is C24H17N3OS2. The lowest BCUT2D eigenvalue weighted by Crippen LogP contribution is -1.84. The predicted molar refractivity (Wildman–Crippen MR) is 125 cm³/mol. The molecule has 0 aliphatic rings. The van der Waals surface area contributed by atoms with Crippen LogP contribution < -0.4 is 0 Å². The molecule has 6 aromatic rings. The van der Waals surface area contributed by atoms with Gasteiger partial charge in [0, 0.05) is 16.7 Å². The molecule has 0 amide bonds. The first-order chi connectivity index (χ1) is 14.6. The number of aryl methyl sites for hydroxylation is 3. The molecule has 3 heterocycles. The van der Waals surface area contributed by atoms with Crippen LogP contribution in [0, 0.1) is 20.8 Å². The minimum atomic E-state index is 0.828. The normalized spacial score (nSPS) is 11.8. The summed E-state index contributed by atoms with van der Waals surface area (Å²) in [4.78, 5) is 14.2. The highest BCUT2D eigenvalue weighted by atomic mass is 32.1. The summed E-state index contributed by atoms with van der Waals surface area (Å²) in [6.07, 6.45) is 1.50. The van der Waals surface area contributed by atoms with E-state index in [2.05, 4.69) is 62.2 Å². The highest BCUT2D eigenvalue weighted by Gasteiger charge is 2.16. The molecule has 3 aromatic heterocycles. The molecule has 3 aromatic carbocycles. The summed E-state index contributed by atoms with van der Waals surface area (Å²) in [5.74, 6) is 0. The zero-order chi connectivity index (χ0) is 20.4. The molecule has 0 saturated heterocycles. The van der Waals surface area contributed by atoms with Crippen LogP contribution >= 0.6 is 22.7 Å². The van der Waals surface area contributed by atoms with Gasteiger partial charge in [-0.3, -0.25) is 0 Å². The number of benzene rings is 3. The SMILES string of the molecule is Cc1cccc2sc(-c3cc(C)c4sc(-c5ccc6ncoc6c5C)nc4c3)nc12. The Bertz CT molecular complexity index is 1590. The van der Waals surface area contributed by atoms with Crippen LogP contribution in [0.25, 0.3) is 52.7 Å². The minimum absolute atomic E-state index is 0.828. The Hall–Kier alpha value is -3.09. The lowest BCUT2D eigenvalue weighted by atomic mass is 10.1. The number of thiazole rings is 2. The largest absolute Gasteiger partial charge is 0.443 e. The van der Waals surface area contributed by atoms with Crippen molar-refractivity contribution in [2.75, 3.05) is 0 Å². The Morgan fingerprint density at radius 1 is 0.833 bits per heavy atom. The van der Waals surface area contributed by atoms with Crippen LogP contribution in [0.2, 0.25) is 0 Å². The molecule has 0 N–H and O–H groups in total. The Labute approximate surface area is 180 Å². The first-order valence-corrected chi connectivity index (χ1v) is 11.3. The van der Waals surface area contributed by atoms with E-state index in [4.69, 9.17) is 14.4 Å². The summed E-state index contributed by atoms with van der Waals surface area (Å²) in [7, 11) is 0. The number of nitrogens with zero attached hydrogens (tertiary/aromatic N) is 3. The van der Waals surface area contributed by atoms with Gasteiger partial charge in [-0.15, -0.1) is 22.7 Å². The maximum Gasteiger partial charge on any atom is 0.181 e. The highest BCUT2D eigenvalue weighted by Crippen LogP contribution is 2.39. The fraction of sp³-hybridized carbons (Fsp3) is 0.125. The number of fused-ring (bicyclic) bond motifs is 3. The number of oxazole rings is 1. The van der Waals surface area contributed by atoms with Gasteiger partial charge in [0.25, 0.3) is 0 Å². The standard InChI is InChI=1S/C24H17N3OS2/c1-12-5-4-6-19-20(12)27-23(29-19)15-9-13(2)22-18(10-15)26-24(30-22)16-7-8-17-21(14(16)3)28-11-25-17/h4-11H,1-3H3. The highest BCUT2D eigenvalue weighted by molar-refractivity contribution is 7.22. The van der Waals surface area contributed by atoms with Crippen molar-refractivity contribution in [2.45, 2.75) is 20.8 Å². The Balaban J connectivity index is 1.52. The molecule has 0 saturated carbocycles. The molecule has 0 aliphatic carbocycles. The van der Waals surface area contributed by atoms with E-state index < -0.39 is 0 Å². The molecule has 0 unspecified atom stereocenters. The van der Waals surface area contributed by atoms with Crippen LogP contribution in [0.3, 0.4) is 0 Å². The summed E-state index contributed by atoms with van der Waals surface area (Å²) in [5, 5.41) is 2.04. The van der Waals surface area contributed by atoms with Crippen LogP contribution in [-0.4, -0.2) is 15.0 Å². The van der Waals surface area contributed by atoms with E-state index in [1.165, 1.54) is 26.9 Å². The molecule has 0 aliphatic heterocycles. The average Bonchev–Trinajstić information content (AvgIpc) is 3.46. The molecule has 0 spiro atoms. The van der Waals surface area contributed by atoms with Gasteiger partial charge in [0.05, 0.1) is 20.4 Å². The van der Waals surface area contributed by atoms with Crippen molar-refractivity contribution >= 4 is 54.2 Å². The lowest BCUT2D eigenvalue weighted by Gasteiger charge is -2.01. The van der Waals surface area contributed by atoms with Gasteiger partial charge in [-0.1, -0.05) is 12.1 Å². The topological polar surface area (TPSA) is 51.8 Å². The van der Waals surface area contributed by atoms with E-state index in [0.29, 0.717) is 0 Å². The van der Waals surface area contributed by atoms with Crippen molar-refractivity contribution in [2.24, 2.45) is 0 Å². The van der Waals surface area contributed by atoms with Crippen molar-refractivity contribution in [3.8, 4) is 21.1 Å². The van der Waals surface area contributed by atoms with Gasteiger partial charge in [0.2, 0.25) is 0 Å². The van der Waals surface area contributed by atoms with E-state index in [9.17, 15) is 0 Å². The van der Waals surface area contributed by atoms with Gasteiger partial charge >= 0.3 is 0 Å². The van der Waals surface area contributed by atoms with Gasteiger partial charge in [-0.2, -0.15) is 0 Å². The fourth-order valence-electron chi connectivity index (χ4n) is 3.94. The van der Waals surface area contributed by atoms with Gasteiger partial charge in [-0.05, 0) is 62.2 Å². The number of para-hydroxylation sites is 1. The van der Waals surface area contributed by atoms with Crippen molar-refractivity contribution in [1.82, 2.24) is 15.0 Å². The zero-order valence-electron chi connectivity index (χ0n) is 16.7. The minimum Gasteiger partial charge on any atom is -0.443 e. The first kappa shape index (κ1) is 17.7. The molecule has 4 nitrogen and oxygen atoms in total. The molecule has 0 fully saturated rings. The van der Waals surface area contributed by atoms with E-state index >= 15 is 0 Å². The third-order valence-electron chi connectivity index (χ3n) is 5.52. The summed E-state index contributed by atoms with van der Waals surface area (Å²) < 4.78 is 8.01. The van der Waals surface area contributed by atoms with Gasteiger partial charge in [0.1, 0.15) is 15.5 Å². The summed E-state index contributed by atoms with van der Waals surface area (Å²) in [6, 6.07) is 14.8. The van der Waals surface area contributed by atoms with Crippen LogP contribution in [-0.2, 0) is 0 Å². The monoisotopic (exact) mass is 427 g/mol. The quantitative estimate of drug-likeness (QED) is 0.291. The van der Waals surface area contributed by atoms with Crippen molar-refractivity contribution in [3.05, 3.63) is 65.5 Å². The first-order valence-electron chi connectivity index (χ1n) is 9.69. The number of hydrogen-bond donors (Lipinski definition) is 0. The molecule has 146 valence electrons. The lowest BCUT2D eigenvalue weighted by molar-refractivity contribution is 0.600. The number of aromatic nitrogens is 3. The second kappa shape index (κ2) is 6.45. The van der Waals surface area contributed by atoms with Gasteiger partial charge in [0.15, 0.2) is 12.0 Å². The molecular weight excluding hydrogens is 410 g/mol. The maximum atomic E-state index is 5.58. The van der Waals surface area contributed by atoms with Crippen molar-refractivity contribution in [1.29, 1.82) is 0 Å². The fourth-order valence-corrected chi connectivity index (χ4v) is 6.07. The van der Waals surface area contributed by atoms with E-state index in [1.807, 2.05) is 6.07 Å². The Kier molecular flexibility index (Phi) is 3.82. The molecule has 0 radical (unpaired) electrons. The molecule has 30 heavy (non-hydrogen) atoms. The van der Waals surface area contributed by atoms with E-state index in [0.717, 1.165) is 48.8 Å². The third-order valence-corrected chi connectivity index (χ3v) is 7.83. The van der Waals surface area contributed by atoms with Crippen molar-refractivity contribution < 1.29 is 4.42 Å². The predicted octanol–water partition coefficient (Wildman–Crippen LogP) is 7.31. The molecule has 6 rings (SSSR count). The van der Waals surface area contributed by atoms with Crippen LogP contribution in [0.4, 0.5) is 0 Å². The Morgan fingerprint density at radius 3 is 2.60 bits per heavy atom. The summed E-state index contributed by atoms with van der Waals surface area (Å²) in [5.41, 5.74) is 9.53. The van der Waals surface area contributed by atoms with E-state index in [-0.39, 0.29) is 0 Å². The molecule has 0 atom stereocenters. The maximum absolute atomic E-state index is 5.58. The smallest absolute Gasteiger partial charge is 0.181 e. The second-order valence-electron chi connectivity index (χ2n) is 7.54. The summed E-state index contributed by atoms with van der Waals surface area (Å²) >= 11 is 3.46. The average molecular weight is 428 g/mol. The van der Waals surface area contributed by atoms with E-state index in [1.54, 1.807) is 22.7 Å². The van der Waals surface area contributed by atoms with Crippen molar-refractivity contribution in [3.63, 3.8) is 0 Å². The zero-order valence-corrected chi connectivity index (χ0v) is 18.3. The van der Waals surface area contributed by atoms with Gasteiger partial charge in [-0.25, -0.2) is 15.0 Å². The van der Waals surface area contributed by atoms with Gasteiger partial charge < -0.3 is 4.42 Å². The van der Waals surface area contributed by atoms with Crippen LogP contribution in [0.1, 0.15) is 16.7 Å². The second-order valence-corrected chi connectivity index (χ2v) is 9.57. The third kappa shape index (κ3) is 2.61.